The van der Waals surface area contributed by atoms with E-state index in [2.05, 4.69) is 16.3 Å². The van der Waals surface area contributed by atoms with Crippen LogP contribution in [0.25, 0.3) is 0 Å². The van der Waals surface area contributed by atoms with Crippen LogP contribution in [0.15, 0.2) is 35.7 Å². The number of carbonyl (C=O) groups excluding carboxylic acids is 2. The van der Waals surface area contributed by atoms with Gasteiger partial charge in [0.2, 0.25) is 5.91 Å². The standard InChI is InChI=1S/C20H23N3O2S/c21-19(24)17-5-2-9-23(17)12-13-3-1-4-15(11-13)22-20(25)18-16(8-10-26-18)14-6-7-14/h1,3-4,8,10-11,14,17H,2,5-7,9,12H2,(H2,21,24)(H,22,25). The first kappa shape index (κ1) is 17.2. The Bertz CT molecular complexity index is 828. The Balaban J connectivity index is 1.45. The summed E-state index contributed by atoms with van der Waals surface area (Å²) >= 11 is 1.51. The van der Waals surface area contributed by atoms with Crippen LogP contribution in [-0.2, 0) is 11.3 Å². The molecule has 0 bridgehead atoms. The van der Waals surface area contributed by atoms with Gasteiger partial charge < -0.3 is 11.1 Å². The van der Waals surface area contributed by atoms with Crippen molar-refractivity contribution >= 4 is 28.8 Å². The Kier molecular flexibility index (Phi) is 4.78. The highest BCUT2D eigenvalue weighted by Crippen LogP contribution is 2.43. The molecule has 1 unspecified atom stereocenters. The molecule has 1 saturated heterocycles. The molecular weight excluding hydrogens is 346 g/mol. The number of likely N-dealkylation sites (tertiary alicyclic amines) is 1. The maximum atomic E-state index is 12.7. The van der Waals surface area contributed by atoms with Crippen molar-refractivity contribution in [3.63, 3.8) is 0 Å². The zero-order valence-corrected chi connectivity index (χ0v) is 15.4. The van der Waals surface area contributed by atoms with Crippen molar-refractivity contribution in [3.05, 3.63) is 51.7 Å². The fourth-order valence-electron chi connectivity index (χ4n) is 3.73. The summed E-state index contributed by atoms with van der Waals surface area (Å²) in [5.74, 6) is 0.279. The molecule has 2 fully saturated rings. The molecule has 0 spiro atoms. The van der Waals surface area contributed by atoms with Gasteiger partial charge in [0.25, 0.3) is 5.91 Å². The van der Waals surface area contributed by atoms with Crippen LogP contribution in [0.5, 0.6) is 0 Å². The van der Waals surface area contributed by atoms with E-state index in [0.29, 0.717) is 12.5 Å². The monoisotopic (exact) mass is 369 g/mol. The Labute approximate surface area is 157 Å². The van der Waals surface area contributed by atoms with Crippen molar-refractivity contribution < 1.29 is 9.59 Å². The summed E-state index contributed by atoms with van der Waals surface area (Å²) in [6.07, 6.45) is 4.19. The summed E-state index contributed by atoms with van der Waals surface area (Å²) in [5.41, 5.74) is 8.55. The van der Waals surface area contributed by atoms with Gasteiger partial charge in [-0.2, -0.15) is 0 Å². The van der Waals surface area contributed by atoms with Crippen LogP contribution in [0, 0.1) is 0 Å². The predicted molar refractivity (Wildman–Crippen MR) is 103 cm³/mol. The molecule has 0 radical (unpaired) electrons. The molecule has 1 aliphatic carbocycles. The van der Waals surface area contributed by atoms with E-state index in [-0.39, 0.29) is 17.9 Å². The van der Waals surface area contributed by atoms with Gasteiger partial charge in [0.05, 0.1) is 10.9 Å². The molecule has 1 aliphatic heterocycles. The zero-order chi connectivity index (χ0) is 18.1. The van der Waals surface area contributed by atoms with E-state index in [9.17, 15) is 9.59 Å². The summed E-state index contributed by atoms with van der Waals surface area (Å²) in [5, 5.41) is 5.02. The fraction of sp³-hybridized carbons (Fsp3) is 0.400. The third-order valence-corrected chi connectivity index (χ3v) is 6.11. The molecule has 4 rings (SSSR count). The van der Waals surface area contributed by atoms with Crippen LogP contribution in [0.1, 0.15) is 52.4 Å². The van der Waals surface area contributed by atoms with Gasteiger partial charge in [-0.3, -0.25) is 14.5 Å². The van der Waals surface area contributed by atoms with Crippen molar-refractivity contribution in [1.29, 1.82) is 0 Å². The SMILES string of the molecule is NC(=O)C1CCCN1Cc1cccc(NC(=O)c2sccc2C2CC2)c1. The average molecular weight is 369 g/mol. The van der Waals surface area contributed by atoms with Gasteiger partial charge in [-0.05, 0) is 72.9 Å². The highest BCUT2D eigenvalue weighted by molar-refractivity contribution is 7.12. The minimum absolute atomic E-state index is 0.0322. The number of nitrogens with two attached hydrogens (primary N) is 1. The van der Waals surface area contributed by atoms with Crippen LogP contribution in [-0.4, -0.2) is 29.3 Å². The Morgan fingerprint density at radius 2 is 2.08 bits per heavy atom. The number of benzene rings is 1. The summed E-state index contributed by atoms with van der Waals surface area (Å²) in [7, 11) is 0. The first-order chi connectivity index (χ1) is 12.6. The van der Waals surface area contributed by atoms with E-state index in [1.165, 1.54) is 29.7 Å². The first-order valence-corrected chi connectivity index (χ1v) is 10.0. The smallest absolute Gasteiger partial charge is 0.266 e. The number of carbonyl (C=O) groups is 2. The minimum atomic E-state index is -0.253. The number of nitrogens with zero attached hydrogens (tertiary/aromatic N) is 1. The molecule has 6 heteroatoms. The number of primary amides is 1. The van der Waals surface area contributed by atoms with Crippen molar-refractivity contribution in [2.45, 2.75) is 44.2 Å². The number of rotatable bonds is 6. The Hall–Kier alpha value is -2.18. The molecule has 136 valence electrons. The number of hydrogen-bond donors (Lipinski definition) is 2. The molecule has 26 heavy (non-hydrogen) atoms. The lowest BCUT2D eigenvalue weighted by Gasteiger charge is -2.22. The van der Waals surface area contributed by atoms with E-state index in [0.717, 1.165) is 35.5 Å². The highest BCUT2D eigenvalue weighted by Gasteiger charge is 2.30. The molecule has 1 aromatic heterocycles. The minimum Gasteiger partial charge on any atom is -0.368 e. The maximum absolute atomic E-state index is 12.7. The molecule has 1 atom stereocenters. The molecular formula is C20H23N3O2S. The molecule has 1 saturated carbocycles. The predicted octanol–water partition coefficient (Wildman–Crippen LogP) is 3.33. The molecule has 2 aliphatic rings. The van der Waals surface area contributed by atoms with Crippen molar-refractivity contribution in [3.8, 4) is 0 Å². The molecule has 2 heterocycles. The number of nitrogens with one attached hydrogen (secondary N) is 1. The summed E-state index contributed by atoms with van der Waals surface area (Å²) in [6, 6.07) is 9.74. The van der Waals surface area contributed by atoms with Gasteiger partial charge in [0.15, 0.2) is 0 Å². The Morgan fingerprint density at radius 3 is 2.85 bits per heavy atom. The van der Waals surface area contributed by atoms with E-state index in [1.54, 1.807) is 0 Å². The number of amides is 2. The average Bonchev–Trinajstić information content (AvgIpc) is 3.15. The van der Waals surface area contributed by atoms with Crippen molar-refractivity contribution in [2.75, 3.05) is 11.9 Å². The molecule has 2 aromatic rings. The zero-order valence-electron chi connectivity index (χ0n) is 14.6. The largest absolute Gasteiger partial charge is 0.368 e. The molecule has 5 nitrogen and oxygen atoms in total. The van der Waals surface area contributed by atoms with Crippen molar-refractivity contribution in [1.82, 2.24) is 4.90 Å². The van der Waals surface area contributed by atoms with E-state index >= 15 is 0 Å². The number of anilines is 1. The summed E-state index contributed by atoms with van der Waals surface area (Å²) < 4.78 is 0. The fourth-order valence-corrected chi connectivity index (χ4v) is 4.61. The second-order valence-electron chi connectivity index (χ2n) is 7.16. The lowest BCUT2D eigenvalue weighted by molar-refractivity contribution is -0.122. The van der Waals surface area contributed by atoms with E-state index < -0.39 is 0 Å². The number of thiophene rings is 1. The normalized spacial score (nSPS) is 20.2. The first-order valence-electron chi connectivity index (χ1n) is 9.13. The quantitative estimate of drug-likeness (QED) is 0.820. The van der Waals surface area contributed by atoms with Gasteiger partial charge >= 0.3 is 0 Å². The highest BCUT2D eigenvalue weighted by atomic mass is 32.1. The maximum Gasteiger partial charge on any atom is 0.266 e. The van der Waals surface area contributed by atoms with Crippen LogP contribution in [0.3, 0.4) is 0 Å². The summed E-state index contributed by atoms with van der Waals surface area (Å²) in [4.78, 5) is 27.2. The third kappa shape index (κ3) is 3.66. The molecule has 1 aromatic carbocycles. The van der Waals surface area contributed by atoms with Gasteiger partial charge in [0, 0.05) is 12.2 Å². The van der Waals surface area contributed by atoms with Gasteiger partial charge in [-0.25, -0.2) is 0 Å². The lowest BCUT2D eigenvalue weighted by atomic mass is 10.1. The third-order valence-electron chi connectivity index (χ3n) is 5.18. The van der Waals surface area contributed by atoms with Crippen LogP contribution >= 0.6 is 11.3 Å². The topological polar surface area (TPSA) is 75.4 Å². The van der Waals surface area contributed by atoms with Gasteiger partial charge in [-0.15, -0.1) is 11.3 Å². The van der Waals surface area contributed by atoms with E-state index in [1.807, 2.05) is 29.6 Å². The van der Waals surface area contributed by atoms with E-state index in [4.69, 9.17) is 5.73 Å². The van der Waals surface area contributed by atoms with Crippen LogP contribution in [0.2, 0.25) is 0 Å². The second-order valence-corrected chi connectivity index (χ2v) is 8.08. The van der Waals surface area contributed by atoms with Crippen LogP contribution in [0.4, 0.5) is 5.69 Å². The lowest BCUT2D eigenvalue weighted by Crippen LogP contribution is -2.39. The Morgan fingerprint density at radius 1 is 1.23 bits per heavy atom. The van der Waals surface area contributed by atoms with Crippen molar-refractivity contribution in [2.24, 2.45) is 5.73 Å². The second kappa shape index (κ2) is 7.21. The number of hydrogen-bond acceptors (Lipinski definition) is 4. The summed E-state index contributed by atoms with van der Waals surface area (Å²) in [6.45, 7) is 1.55. The molecule has 2 amide bonds. The molecule has 3 N–H and O–H groups in total. The van der Waals surface area contributed by atoms with Crippen LogP contribution < -0.4 is 11.1 Å². The van der Waals surface area contributed by atoms with Gasteiger partial charge in [0.1, 0.15) is 0 Å². The van der Waals surface area contributed by atoms with Gasteiger partial charge in [-0.1, -0.05) is 12.1 Å².